The van der Waals surface area contributed by atoms with Gasteiger partial charge in [-0.2, -0.15) is 13.2 Å². The lowest BCUT2D eigenvalue weighted by Crippen LogP contribution is -2.20. The minimum absolute atomic E-state index is 0.0558. The second-order valence-electron chi connectivity index (χ2n) is 7.53. The molecule has 0 aliphatic heterocycles. The van der Waals surface area contributed by atoms with E-state index in [4.69, 9.17) is 16.3 Å². The van der Waals surface area contributed by atoms with Crippen molar-refractivity contribution in [2.45, 2.75) is 20.0 Å². The van der Waals surface area contributed by atoms with E-state index in [1.165, 1.54) is 12.4 Å². The van der Waals surface area contributed by atoms with Crippen molar-refractivity contribution >= 4 is 39.9 Å². The molecule has 4 aromatic rings. The number of aryl methyl sites for hydroxylation is 2. The number of halogens is 4. The highest BCUT2D eigenvalue weighted by Crippen LogP contribution is 2.36. The van der Waals surface area contributed by atoms with Crippen molar-refractivity contribution in [3.8, 4) is 11.6 Å². The number of carbonyl (C=O) groups is 1. The van der Waals surface area contributed by atoms with Gasteiger partial charge < -0.3 is 15.4 Å². The fraction of sp³-hybridized carbons (Fsp3) is 0.125. The van der Waals surface area contributed by atoms with Gasteiger partial charge in [0.05, 0.1) is 21.5 Å². The number of fused-ring (bicyclic) bond motifs is 1. The summed E-state index contributed by atoms with van der Waals surface area (Å²) < 4.78 is 45.1. The smallest absolute Gasteiger partial charge is 0.417 e. The Morgan fingerprint density at radius 1 is 0.941 bits per heavy atom. The summed E-state index contributed by atoms with van der Waals surface area (Å²) in [5.41, 5.74) is 2.17. The van der Waals surface area contributed by atoms with Crippen LogP contribution in [-0.2, 0) is 6.18 Å². The maximum Gasteiger partial charge on any atom is 0.417 e. The third-order valence-corrected chi connectivity index (χ3v) is 5.38. The van der Waals surface area contributed by atoms with Crippen LogP contribution in [0.1, 0.15) is 16.7 Å². The SMILES string of the molecule is Cc1cc2ncnc(Oc3cccc(NC(=O)Nc4ccc(Cl)c(C(F)(F)F)c4)c3)c2cc1C. The molecule has 6 nitrogen and oxygen atoms in total. The van der Waals surface area contributed by atoms with Crippen molar-refractivity contribution in [3.63, 3.8) is 0 Å². The Morgan fingerprint density at radius 2 is 1.65 bits per heavy atom. The summed E-state index contributed by atoms with van der Waals surface area (Å²) >= 11 is 5.61. The van der Waals surface area contributed by atoms with Crippen molar-refractivity contribution in [1.29, 1.82) is 0 Å². The number of urea groups is 1. The number of aromatic nitrogens is 2. The number of hydrogen-bond donors (Lipinski definition) is 2. The highest BCUT2D eigenvalue weighted by atomic mass is 35.5. The lowest BCUT2D eigenvalue weighted by molar-refractivity contribution is -0.137. The number of nitrogens with zero attached hydrogens (tertiary/aromatic N) is 2. The summed E-state index contributed by atoms with van der Waals surface area (Å²) in [6.45, 7) is 3.97. The largest absolute Gasteiger partial charge is 0.438 e. The molecule has 0 saturated heterocycles. The number of hydrogen-bond acceptors (Lipinski definition) is 4. The van der Waals surface area contributed by atoms with Gasteiger partial charge in [-0.25, -0.2) is 14.8 Å². The van der Waals surface area contributed by atoms with Crippen LogP contribution in [0.2, 0.25) is 5.02 Å². The topological polar surface area (TPSA) is 76.1 Å². The van der Waals surface area contributed by atoms with Crippen LogP contribution < -0.4 is 15.4 Å². The quantitative estimate of drug-likeness (QED) is 0.316. The number of amides is 2. The number of rotatable bonds is 4. The van der Waals surface area contributed by atoms with Crippen molar-refractivity contribution in [3.05, 3.63) is 82.6 Å². The zero-order valence-corrected chi connectivity index (χ0v) is 18.8. The van der Waals surface area contributed by atoms with E-state index in [0.29, 0.717) is 17.3 Å². The Hall–Kier alpha value is -3.85. The molecular formula is C24H18ClF3N4O2. The molecule has 0 fully saturated rings. The molecule has 0 aliphatic rings. The highest BCUT2D eigenvalue weighted by molar-refractivity contribution is 6.31. The third kappa shape index (κ3) is 5.20. The van der Waals surface area contributed by atoms with Gasteiger partial charge in [0.15, 0.2) is 0 Å². The number of nitrogens with one attached hydrogen (secondary N) is 2. The predicted molar refractivity (Wildman–Crippen MR) is 125 cm³/mol. The number of carbonyl (C=O) groups excluding carboxylic acids is 1. The molecule has 0 bridgehead atoms. The molecule has 174 valence electrons. The molecule has 10 heteroatoms. The summed E-state index contributed by atoms with van der Waals surface area (Å²) in [5, 5.41) is 5.22. The molecule has 0 spiro atoms. The Bertz CT molecular complexity index is 1390. The van der Waals surface area contributed by atoms with Gasteiger partial charge in [0.2, 0.25) is 5.88 Å². The first-order valence-electron chi connectivity index (χ1n) is 10.0. The molecule has 2 N–H and O–H groups in total. The van der Waals surface area contributed by atoms with E-state index in [0.717, 1.165) is 34.2 Å². The lowest BCUT2D eigenvalue weighted by Gasteiger charge is -2.13. The second kappa shape index (κ2) is 9.18. The van der Waals surface area contributed by atoms with Crippen LogP contribution in [0.5, 0.6) is 11.6 Å². The van der Waals surface area contributed by atoms with E-state index < -0.39 is 22.8 Å². The van der Waals surface area contributed by atoms with Crippen LogP contribution >= 0.6 is 11.6 Å². The number of alkyl halides is 3. The molecule has 4 rings (SSSR count). The van der Waals surface area contributed by atoms with Gasteiger partial charge in [-0.15, -0.1) is 0 Å². The first-order valence-corrected chi connectivity index (χ1v) is 10.4. The first-order chi connectivity index (χ1) is 16.1. The molecule has 0 saturated carbocycles. The van der Waals surface area contributed by atoms with Crippen molar-refractivity contribution < 1.29 is 22.7 Å². The lowest BCUT2D eigenvalue weighted by atomic mass is 10.1. The van der Waals surface area contributed by atoms with Crippen LogP contribution in [-0.4, -0.2) is 16.0 Å². The number of benzene rings is 3. The van der Waals surface area contributed by atoms with E-state index >= 15 is 0 Å². The molecular weight excluding hydrogens is 469 g/mol. The van der Waals surface area contributed by atoms with Crippen LogP contribution in [0.3, 0.4) is 0 Å². The Kier molecular flexibility index (Phi) is 6.30. The molecule has 0 atom stereocenters. The van der Waals surface area contributed by atoms with Crippen LogP contribution in [0.4, 0.5) is 29.3 Å². The predicted octanol–water partition coefficient (Wildman–Crippen LogP) is 7.36. The minimum atomic E-state index is -4.64. The zero-order valence-electron chi connectivity index (χ0n) is 18.0. The Balaban J connectivity index is 1.50. The zero-order chi connectivity index (χ0) is 24.5. The van der Waals surface area contributed by atoms with Crippen LogP contribution in [0.15, 0.2) is 60.9 Å². The van der Waals surface area contributed by atoms with Gasteiger partial charge in [-0.3, -0.25) is 0 Å². The van der Waals surface area contributed by atoms with E-state index in [1.807, 2.05) is 26.0 Å². The summed E-state index contributed by atoms with van der Waals surface area (Å²) in [4.78, 5) is 20.8. The van der Waals surface area contributed by atoms with Crippen molar-refractivity contribution in [1.82, 2.24) is 9.97 Å². The molecule has 2 amide bonds. The van der Waals surface area contributed by atoms with Gasteiger partial charge in [-0.05, 0) is 67.4 Å². The van der Waals surface area contributed by atoms with Crippen molar-refractivity contribution in [2.24, 2.45) is 0 Å². The average molecular weight is 487 g/mol. The average Bonchev–Trinajstić information content (AvgIpc) is 2.76. The van der Waals surface area contributed by atoms with E-state index in [-0.39, 0.29) is 5.69 Å². The fourth-order valence-corrected chi connectivity index (χ4v) is 3.46. The molecule has 3 aromatic carbocycles. The van der Waals surface area contributed by atoms with Gasteiger partial charge in [0, 0.05) is 17.4 Å². The molecule has 34 heavy (non-hydrogen) atoms. The Labute approximate surface area is 197 Å². The Morgan fingerprint density at radius 3 is 2.38 bits per heavy atom. The normalized spacial score (nSPS) is 11.4. The standard InChI is InChI=1S/C24H18ClF3N4O2/c1-13-8-18-21(9-14(13)2)29-12-30-22(18)34-17-5-3-4-15(10-17)31-23(33)32-16-6-7-20(25)19(11-16)24(26,27)28/h3-12H,1-2H3,(H2,31,32,33). The summed E-state index contributed by atoms with van der Waals surface area (Å²) in [5.74, 6) is 0.762. The summed E-state index contributed by atoms with van der Waals surface area (Å²) in [6.07, 6.45) is -3.23. The first kappa shape index (κ1) is 23.3. The van der Waals surface area contributed by atoms with Gasteiger partial charge in [0.25, 0.3) is 0 Å². The third-order valence-electron chi connectivity index (χ3n) is 5.05. The van der Waals surface area contributed by atoms with Gasteiger partial charge in [0.1, 0.15) is 12.1 Å². The highest BCUT2D eigenvalue weighted by Gasteiger charge is 2.33. The van der Waals surface area contributed by atoms with Crippen molar-refractivity contribution in [2.75, 3.05) is 10.6 Å². The molecule has 0 unspecified atom stereocenters. The van der Waals surface area contributed by atoms with Crippen LogP contribution in [0.25, 0.3) is 10.9 Å². The molecule has 1 aromatic heterocycles. The summed E-state index contributed by atoms with van der Waals surface area (Å²) in [6, 6.07) is 12.8. The minimum Gasteiger partial charge on any atom is -0.438 e. The monoisotopic (exact) mass is 486 g/mol. The molecule has 0 aliphatic carbocycles. The van der Waals surface area contributed by atoms with Crippen LogP contribution in [0, 0.1) is 13.8 Å². The molecule has 1 heterocycles. The maximum atomic E-state index is 13.0. The van der Waals surface area contributed by atoms with E-state index in [2.05, 4.69) is 20.6 Å². The number of ether oxygens (including phenoxy) is 1. The van der Waals surface area contributed by atoms with Gasteiger partial charge in [-0.1, -0.05) is 17.7 Å². The van der Waals surface area contributed by atoms with E-state index in [9.17, 15) is 18.0 Å². The maximum absolute atomic E-state index is 13.0. The molecule has 0 radical (unpaired) electrons. The summed E-state index contributed by atoms with van der Waals surface area (Å²) in [7, 11) is 0. The second-order valence-corrected chi connectivity index (χ2v) is 7.94. The number of anilines is 2. The van der Waals surface area contributed by atoms with E-state index in [1.54, 1.807) is 24.3 Å². The van der Waals surface area contributed by atoms with Gasteiger partial charge >= 0.3 is 12.2 Å². The fourth-order valence-electron chi connectivity index (χ4n) is 3.24.